The Labute approximate surface area is 258 Å². The van der Waals surface area contributed by atoms with Crippen molar-refractivity contribution in [3.8, 4) is 28.4 Å². The number of aryl methyl sites for hydroxylation is 1. The Hall–Kier alpha value is -4.60. The van der Waals surface area contributed by atoms with E-state index in [4.69, 9.17) is 14.2 Å². The first-order chi connectivity index (χ1) is 21.4. The number of anilines is 1. The molecule has 3 aromatic rings. The molecule has 10 heteroatoms. The topological polar surface area (TPSA) is 128 Å². The van der Waals surface area contributed by atoms with E-state index in [1.165, 1.54) is 6.92 Å². The molecule has 2 amide bonds. The second-order valence-corrected chi connectivity index (χ2v) is 10.8. The number of amides is 2. The first-order valence-corrected chi connectivity index (χ1v) is 15.0. The molecule has 1 aliphatic carbocycles. The standard InChI is InChI=1S/C34H42N4O6/c1-22(39)38-27-11-9-24-20-30(42-2)33(43-3)34(44-4)32(24)25-10-12-28(29(40)21-26(25)27)36-16-7-5-6-8-31(41)37-19-15-23-13-17-35-18-14-23/h10,12-14,17-18,20-21,27H,5-9,11,15-16,19H2,1-4H3,(H,36,40)(H,37,41)(H,38,39). The number of fused-ring (bicyclic) bond motifs is 3. The summed E-state index contributed by atoms with van der Waals surface area (Å²) in [5.41, 5.74) is 4.74. The number of hydrogen-bond donors (Lipinski definition) is 3. The third kappa shape index (κ3) is 8.06. The number of carbonyl (C=O) groups is 2. The second kappa shape index (κ2) is 15.7. The number of pyridine rings is 1. The minimum absolute atomic E-state index is 0.0455. The third-order valence-electron chi connectivity index (χ3n) is 7.80. The van der Waals surface area contributed by atoms with Gasteiger partial charge in [-0.1, -0.05) is 12.5 Å². The van der Waals surface area contributed by atoms with Crippen molar-refractivity contribution in [3.05, 3.63) is 75.7 Å². The van der Waals surface area contributed by atoms with Gasteiger partial charge in [-0.2, -0.15) is 0 Å². The predicted molar refractivity (Wildman–Crippen MR) is 171 cm³/mol. The molecule has 2 aromatic carbocycles. The number of unbranched alkanes of at least 4 members (excludes halogenated alkanes) is 2. The van der Waals surface area contributed by atoms with E-state index in [0.717, 1.165) is 53.5 Å². The number of methoxy groups -OCH3 is 3. The Morgan fingerprint density at radius 2 is 1.70 bits per heavy atom. The molecule has 234 valence electrons. The van der Waals surface area contributed by atoms with Crippen LogP contribution in [0, 0.1) is 0 Å². The molecule has 1 aliphatic rings. The van der Waals surface area contributed by atoms with Gasteiger partial charge in [0.05, 0.1) is 33.1 Å². The van der Waals surface area contributed by atoms with Crippen LogP contribution >= 0.6 is 0 Å². The van der Waals surface area contributed by atoms with Crippen molar-refractivity contribution in [2.45, 2.75) is 57.9 Å². The summed E-state index contributed by atoms with van der Waals surface area (Å²) in [6.45, 7) is 2.67. The zero-order valence-electron chi connectivity index (χ0n) is 26.0. The first-order valence-electron chi connectivity index (χ1n) is 15.0. The maximum atomic E-state index is 13.4. The van der Waals surface area contributed by atoms with Gasteiger partial charge in [0.25, 0.3) is 0 Å². The molecule has 1 heterocycles. The average molecular weight is 603 g/mol. The second-order valence-electron chi connectivity index (χ2n) is 10.8. The number of aromatic nitrogens is 1. The minimum atomic E-state index is -0.361. The Morgan fingerprint density at radius 1 is 0.932 bits per heavy atom. The van der Waals surface area contributed by atoms with Gasteiger partial charge in [-0.3, -0.25) is 19.4 Å². The molecule has 44 heavy (non-hydrogen) atoms. The number of carbonyl (C=O) groups excluding carboxylic acids is 2. The number of rotatable bonds is 14. The Bertz CT molecular complexity index is 1510. The van der Waals surface area contributed by atoms with Gasteiger partial charge in [0, 0.05) is 44.4 Å². The molecular weight excluding hydrogens is 560 g/mol. The lowest BCUT2D eigenvalue weighted by atomic mass is 9.95. The van der Waals surface area contributed by atoms with Crippen molar-refractivity contribution in [1.29, 1.82) is 0 Å². The molecule has 0 saturated carbocycles. The molecule has 1 aromatic heterocycles. The van der Waals surface area contributed by atoms with E-state index in [0.29, 0.717) is 55.3 Å². The maximum Gasteiger partial charge on any atom is 0.220 e. The molecule has 1 unspecified atom stereocenters. The number of nitrogens with zero attached hydrogens (tertiary/aromatic N) is 1. The number of benzene rings is 1. The fourth-order valence-electron chi connectivity index (χ4n) is 5.65. The van der Waals surface area contributed by atoms with Crippen LogP contribution in [0.15, 0.2) is 53.6 Å². The lowest BCUT2D eigenvalue weighted by Crippen LogP contribution is -2.26. The summed E-state index contributed by atoms with van der Waals surface area (Å²) >= 11 is 0. The first kappa shape index (κ1) is 32.3. The van der Waals surface area contributed by atoms with Gasteiger partial charge in [-0.05, 0) is 84.7 Å². The van der Waals surface area contributed by atoms with Gasteiger partial charge < -0.3 is 30.2 Å². The van der Waals surface area contributed by atoms with E-state index in [9.17, 15) is 14.4 Å². The number of nitrogens with one attached hydrogen (secondary N) is 3. The number of ether oxygens (including phenoxy) is 3. The van der Waals surface area contributed by atoms with Crippen LogP contribution in [0.2, 0.25) is 0 Å². The van der Waals surface area contributed by atoms with Gasteiger partial charge in [-0.15, -0.1) is 0 Å². The van der Waals surface area contributed by atoms with E-state index in [2.05, 4.69) is 20.9 Å². The van der Waals surface area contributed by atoms with Crippen LogP contribution in [0.4, 0.5) is 5.69 Å². The van der Waals surface area contributed by atoms with E-state index in [1.54, 1.807) is 45.9 Å². The maximum absolute atomic E-state index is 13.4. The summed E-state index contributed by atoms with van der Waals surface area (Å²) in [5.74, 6) is 1.41. The third-order valence-corrected chi connectivity index (χ3v) is 7.80. The lowest BCUT2D eigenvalue weighted by molar-refractivity contribution is -0.121. The molecule has 0 saturated heterocycles. The molecule has 0 aliphatic heterocycles. The average Bonchev–Trinajstić information content (AvgIpc) is 3.26. The van der Waals surface area contributed by atoms with E-state index in [-0.39, 0.29) is 23.3 Å². The summed E-state index contributed by atoms with van der Waals surface area (Å²) < 4.78 is 17.1. The molecule has 0 bridgehead atoms. The quantitative estimate of drug-likeness (QED) is 0.229. The van der Waals surface area contributed by atoms with Crippen LogP contribution in [0.1, 0.15) is 61.8 Å². The molecule has 3 N–H and O–H groups in total. The lowest BCUT2D eigenvalue weighted by Gasteiger charge is -2.19. The predicted octanol–water partition coefficient (Wildman–Crippen LogP) is 4.59. The zero-order valence-corrected chi connectivity index (χ0v) is 26.0. The van der Waals surface area contributed by atoms with E-state index >= 15 is 0 Å². The van der Waals surface area contributed by atoms with Crippen LogP contribution in [-0.2, 0) is 22.4 Å². The molecule has 0 fully saturated rings. The molecule has 10 nitrogen and oxygen atoms in total. The van der Waals surface area contributed by atoms with Gasteiger partial charge in [0.1, 0.15) is 0 Å². The fraction of sp³-hybridized carbons (Fsp3) is 0.412. The van der Waals surface area contributed by atoms with Gasteiger partial charge in [0.2, 0.25) is 23.0 Å². The van der Waals surface area contributed by atoms with Gasteiger partial charge in [0.15, 0.2) is 11.5 Å². The summed E-state index contributed by atoms with van der Waals surface area (Å²) in [7, 11) is 4.72. The van der Waals surface area contributed by atoms with Crippen LogP contribution < -0.4 is 35.6 Å². The van der Waals surface area contributed by atoms with Crippen LogP contribution in [0.3, 0.4) is 0 Å². The van der Waals surface area contributed by atoms with Crippen molar-refractivity contribution in [1.82, 2.24) is 15.6 Å². The van der Waals surface area contributed by atoms with E-state index in [1.807, 2.05) is 24.3 Å². The largest absolute Gasteiger partial charge is 0.493 e. The highest BCUT2D eigenvalue weighted by atomic mass is 16.5. The highest BCUT2D eigenvalue weighted by molar-refractivity contribution is 5.83. The smallest absolute Gasteiger partial charge is 0.220 e. The van der Waals surface area contributed by atoms with Gasteiger partial charge >= 0.3 is 0 Å². The SMILES string of the molecule is COc1cc2c(c(OC)c1OC)-c1ccc(NCCCCCC(=O)NCCc3ccncc3)c(=O)cc1C(NC(C)=O)CC2. The summed E-state index contributed by atoms with van der Waals surface area (Å²) in [5, 5.41) is 9.28. The molecule has 4 rings (SSSR count). The highest BCUT2D eigenvalue weighted by Crippen LogP contribution is 2.50. The zero-order chi connectivity index (χ0) is 31.5. The Morgan fingerprint density at radius 3 is 2.41 bits per heavy atom. The number of hydrogen-bond acceptors (Lipinski definition) is 8. The molecule has 1 atom stereocenters. The summed E-state index contributed by atoms with van der Waals surface area (Å²) in [6.07, 6.45) is 8.41. The molecular formula is C34H42N4O6. The van der Waals surface area contributed by atoms with Crippen molar-refractivity contribution in [2.24, 2.45) is 0 Å². The fourth-order valence-corrected chi connectivity index (χ4v) is 5.65. The Kier molecular flexibility index (Phi) is 11.6. The normalized spacial score (nSPS) is 13.5. The molecule has 0 spiro atoms. The van der Waals surface area contributed by atoms with Gasteiger partial charge in [-0.25, -0.2) is 0 Å². The van der Waals surface area contributed by atoms with Crippen molar-refractivity contribution in [3.63, 3.8) is 0 Å². The van der Waals surface area contributed by atoms with Crippen LogP contribution in [0.5, 0.6) is 17.2 Å². The summed E-state index contributed by atoms with van der Waals surface area (Å²) in [6, 6.07) is 10.8. The molecule has 0 radical (unpaired) electrons. The minimum Gasteiger partial charge on any atom is -0.493 e. The van der Waals surface area contributed by atoms with Crippen molar-refractivity contribution >= 4 is 17.5 Å². The van der Waals surface area contributed by atoms with Crippen molar-refractivity contribution in [2.75, 3.05) is 39.7 Å². The van der Waals surface area contributed by atoms with Crippen LogP contribution in [-0.4, -0.2) is 51.2 Å². The Balaban J connectivity index is 1.44. The summed E-state index contributed by atoms with van der Waals surface area (Å²) in [4.78, 5) is 41.8. The van der Waals surface area contributed by atoms with Crippen LogP contribution in [0.25, 0.3) is 11.1 Å². The monoisotopic (exact) mass is 602 g/mol. The van der Waals surface area contributed by atoms with E-state index < -0.39 is 0 Å². The highest BCUT2D eigenvalue weighted by Gasteiger charge is 2.29. The van der Waals surface area contributed by atoms with Crippen molar-refractivity contribution < 1.29 is 23.8 Å².